The number of methoxy groups -OCH3 is 4. The average molecular weight is 579 g/mol. The molecule has 0 aromatic heterocycles. The molecule has 6 fully saturated rings. The third kappa shape index (κ3) is 5.46. The van der Waals surface area contributed by atoms with Gasteiger partial charge in [-0.25, -0.2) is 0 Å². The number of piperidine rings is 2. The largest absolute Gasteiger partial charge is 0.381 e. The predicted octanol–water partition coefficient (Wildman–Crippen LogP) is 0.719. The maximum atomic E-state index is 14.2. The Labute approximate surface area is 244 Å². The number of nitrogens with one attached hydrogen (secondary N) is 1. The highest BCUT2D eigenvalue weighted by Crippen LogP contribution is 2.53. The minimum absolute atomic E-state index is 0.0180. The molecule has 0 spiro atoms. The number of nitrogens with two attached hydrogens (primary N) is 1. The van der Waals surface area contributed by atoms with Crippen LogP contribution in [0.4, 0.5) is 0 Å². The summed E-state index contributed by atoms with van der Waals surface area (Å²) in [7, 11) is 6.97. The van der Waals surface area contributed by atoms with Crippen LogP contribution < -0.4 is 10.6 Å². The van der Waals surface area contributed by atoms with Crippen LogP contribution in [0.3, 0.4) is 0 Å². The monoisotopic (exact) mass is 578 g/mol. The zero-order valence-electron chi connectivity index (χ0n) is 25.4. The van der Waals surface area contributed by atoms with Gasteiger partial charge < -0.3 is 39.2 Å². The second kappa shape index (κ2) is 12.7. The second-order valence-electron chi connectivity index (χ2n) is 13.5. The summed E-state index contributed by atoms with van der Waals surface area (Å²) in [5.41, 5.74) is 0. The van der Waals surface area contributed by atoms with E-state index >= 15 is 0 Å². The zero-order chi connectivity index (χ0) is 28.7. The molecule has 13 atom stereocenters. The van der Waals surface area contributed by atoms with Gasteiger partial charge in [0.2, 0.25) is 11.8 Å². The van der Waals surface area contributed by atoms with Crippen LogP contribution in [0.5, 0.6) is 0 Å². The van der Waals surface area contributed by atoms with E-state index in [4.69, 9.17) is 23.7 Å². The van der Waals surface area contributed by atoms with Crippen LogP contribution in [-0.2, 0) is 33.3 Å². The third-order valence-electron chi connectivity index (χ3n) is 11.9. The van der Waals surface area contributed by atoms with Gasteiger partial charge >= 0.3 is 0 Å². The fourth-order valence-corrected chi connectivity index (χ4v) is 10.0. The van der Waals surface area contributed by atoms with Crippen LogP contribution in [0.1, 0.15) is 57.8 Å². The molecule has 6 rings (SSSR count). The lowest BCUT2D eigenvalue weighted by Crippen LogP contribution is -2.99. The van der Waals surface area contributed by atoms with Crippen LogP contribution in [0.15, 0.2) is 0 Å². The van der Waals surface area contributed by atoms with Crippen molar-refractivity contribution in [1.29, 1.82) is 0 Å². The molecule has 0 aromatic carbocycles. The van der Waals surface area contributed by atoms with Gasteiger partial charge in [0.1, 0.15) is 12.6 Å². The summed E-state index contributed by atoms with van der Waals surface area (Å²) >= 11 is 0. The molecule has 10 heteroatoms. The molecule has 10 nitrogen and oxygen atoms in total. The number of hydrogen-bond donors (Lipinski definition) is 2. The van der Waals surface area contributed by atoms with Crippen molar-refractivity contribution in [2.45, 2.75) is 106 Å². The van der Waals surface area contributed by atoms with Crippen molar-refractivity contribution in [3.63, 3.8) is 0 Å². The van der Waals surface area contributed by atoms with E-state index < -0.39 is 0 Å². The lowest BCUT2D eigenvalue weighted by Gasteiger charge is -2.53. The van der Waals surface area contributed by atoms with Crippen molar-refractivity contribution in [2.24, 2.45) is 29.6 Å². The number of carbonyl (C=O) groups excluding carboxylic acids is 2. The van der Waals surface area contributed by atoms with Crippen molar-refractivity contribution in [2.75, 3.05) is 48.1 Å². The minimum Gasteiger partial charge on any atom is -0.381 e. The Kier molecular flexibility index (Phi) is 9.25. The molecule has 0 radical (unpaired) electrons. The Bertz CT molecular complexity index is 937. The van der Waals surface area contributed by atoms with Crippen LogP contribution in [0, 0.1) is 29.6 Å². The second-order valence-corrected chi connectivity index (χ2v) is 13.5. The zero-order valence-corrected chi connectivity index (χ0v) is 25.4. The Hall–Kier alpha value is -1.30. The number of rotatable bonds is 9. The lowest BCUT2D eigenvalue weighted by atomic mass is 9.64. The number of amides is 2. The first kappa shape index (κ1) is 29.8. The Morgan fingerprint density at radius 1 is 0.854 bits per heavy atom. The molecule has 2 amide bonds. The van der Waals surface area contributed by atoms with Gasteiger partial charge in [-0.15, -0.1) is 0 Å². The summed E-state index contributed by atoms with van der Waals surface area (Å²) in [4.78, 5) is 29.3. The topological polar surface area (TPSA) is 112 Å². The normalized spacial score (nSPS) is 45.5. The van der Waals surface area contributed by atoms with Gasteiger partial charge in [0.05, 0.1) is 49.0 Å². The molecule has 41 heavy (non-hydrogen) atoms. The molecule has 3 aliphatic heterocycles. The van der Waals surface area contributed by atoms with Crippen molar-refractivity contribution in [3.05, 3.63) is 0 Å². The molecule has 232 valence electrons. The highest BCUT2D eigenvalue weighted by atomic mass is 16.5. The first-order chi connectivity index (χ1) is 20.0. The lowest BCUT2D eigenvalue weighted by molar-refractivity contribution is -0.713. The maximum Gasteiger partial charge on any atom is 0.246 e. The van der Waals surface area contributed by atoms with Gasteiger partial charge in [-0.1, -0.05) is 0 Å². The van der Waals surface area contributed by atoms with Gasteiger partial charge in [-0.2, -0.15) is 0 Å². The number of fused-ring (bicyclic) bond motifs is 5. The van der Waals surface area contributed by atoms with Gasteiger partial charge in [0.25, 0.3) is 0 Å². The highest BCUT2D eigenvalue weighted by Gasteiger charge is 2.66. The Morgan fingerprint density at radius 2 is 1.66 bits per heavy atom. The number of quaternary nitrogens is 1. The number of hydrogen-bond acceptors (Lipinski definition) is 7. The van der Waals surface area contributed by atoms with E-state index in [9.17, 15) is 9.59 Å². The van der Waals surface area contributed by atoms with Crippen LogP contribution in [0.2, 0.25) is 0 Å². The average Bonchev–Trinajstić information content (AvgIpc) is 3.35. The molecule has 0 aromatic rings. The van der Waals surface area contributed by atoms with Crippen LogP contribution >= 0.6 is 0 Å². The molecule has 3 heterocycles. The summed E-state index contributed by atoms with van der Waals surface area (Å²) in [5.74, 6) is 1.75. The quantitative estimate of drug-likeness (QED) is 0.415. The van der Waals surface area contributed by atoms with E-state index in [1.807, 2.05) is 0 Å². The maximum absolute atomic E-state index is 14.2. The van der Waals surface area contributed by atoms with Crippen LogP contribution in [-0.4, -0.2) is 113 Å². The molecular weight excluding hydrogens is 526 g/mol. The third-order valence-corrected chi connectivity index (χ3v) is 11.9. The standard InChI is InChI=1S/C31H51N3O7/c1-37-18-6-5-17(25(14-18)39-3)15-33-26(35)16-41-19-7-9-23-22(13-19)20-11-12-32-28-21-8-10-24(38-2)30(40-4)27(21)31(36)34(23)29(20)28/h17-25,27-30,32H,5-16H2,1-4H3,(H,33,35)/p+1. The Morgan fingerprint density at radius 3 is 2.41 bits per heavy atom. The van der Waals surface area contributed by atoms with Gasteiger partial charge in [-0.3, -0.25) is 9.59 Å². The highest BCUT2D eigenvalue weighted by molar-refractivity contribution is 5.82. The first-order valence-electron chi connectivity index (χ1n) is 16.1. The minimum atomic E-state index is -0.174. The number of ether oxygens (including phenoxy) is 5. The van der Waals surface area contributed by atoms with E-state index in [1.165, 1.54) is 0 Å². The van der Waals surface area contributed by atoms with Crippen LogP contribution in [0.25, 0.3) is 0 Å². The Balaban J connectivity index is 1.06. The van der Waals surface area contributed by atoms with Gasteiger partial charge in [0.15, 0.2) is 0 Å². The summed E-state index contributed by atoms with van der Waals surface area (Å²) in [6, 6.07) is 1.03. The molecule has 3 saturated heterocycles. The van der Waals surface area contributed by atoms with E-state index in [0.717, 1.165) is 64.3 Å². The molecule has 3 saturated carbocycles. The predicted molar refractivity (Wildman–Crippen MR) is 150 cm³/mol. The van der Waals surface area contributed by atoms with E-state index in [2.05, 4.69) is 15.5 Å². The fourth-order valence-electron chi connectivity index (χ4n) is 10.0. The van der Waals surface area contributed by atoms with Gasteiger partial charge in [0, 0.05) is 65.7 Å². The summed E-state index contributed by atoms with van der Waals surface area (Å²) in [5, 5.41) is 5.63. The van der Waals surface area contributed by atoms with Crippen molar-refractivity contribution < 1.29 is 38.6 Å². The summed E-state index contributed by atoms with van der Waals surface area (Å²) in [6.45, 7) is 1.83. The number of carbonyl (C=O) groups is 2. The molecule has 3 N–H and O–H groups in total. The van der Waals surface area contributed by atoms with Crippen molar-refractivity contribution in [3.8, 4) is 0 Å². The van der Waals surface area contributed by atoms with Crippen molar-refractivity contribution in [1.82, 2.24) is 10.2 Å². The fraction of sp³-hybridized carbons (Fsp3) is 0.935. The molecule has 3 aliphatic carbocycles. The molecule has 0 bridgehead atoms. The van der Waals surface area contributed by atoms with E-state index in [-0.39, 0.29) is 55.0 Å². The molecule has 13 unspecified atom stereocenters. The van der Waals surface area contributed by atoms with Crippen molar-refractivity contribution >= 4 is 11.8 Å². The first-order valence-corrected chi connectivity index (χ1v) is 16.1. The summed E-state index contributed by atoms with van der Waals surface area (Å²) < 4.78 is 29.2. The molecular formula is C31H52N3O7+. The van der Waals surface area contributed by atoms with Gasteiger partial charge in [-0.05, 0) is 56.8 Å². The SMILES string of the molecule is COC1CCC(CNC(=O)COC2CCC3C(C2)C2CC[NH2+]C4C5CCC(OC)C(OC)C5C(=O)N3C24)C(OC)C1. The molecule has 6 aliphatic rings. The van der Waals surface area contributed by atoms with E-state index in [1.54, 1.807) is 28.4 Å². The summed E-state index contributed by atoms with van der Waals surface area (Å²) in [6.07, 6.45) is 8.98. The number of nitrogens with zero attached hydrogens (tertiary/aromatic N) is 1. The van der Waals surface area contributed by atoms with E-state index in [0.29, 0.717) is 48.2 Å². The smallest absolute Gasteiger partial charge is 0.246 e.